The number of aromatic nitrogens is 4. The van der Waals surface area contributed by atoms with Crippen molar-refractivity contribution < 1.29 is 19.1 Å². The van der Waals surface area contributed by atoms with E-state index in [1.165, 1.54) is 32.6 Å². The molecule has 41 heavy (non-hydrogen) atoms. The van der Waals surface area contributed by atoms with Crippen LogP contribution in [-0.4, -0.2) is 56.1 Å². The van der Waals surface area contributed by atoms with Crippen molar-refractivity contribution in [3.8, 4) is 23.1 Å². The number of ether oxygens (including phenoxy) is 2. The number of carbonyl (C=O) groups is 2. The molecule has 1 fully saturated rings. The lowest BCUT2D eigenvalue weighted by atomic mass is 9.89. The summed E-state index contributed by atoms with van der Waals surface area (Å²) in [5, 5.41) is 0.917. The maximum absolute atomic E-state index is 13.7. The lowest BCUT2D eigenvalue weighted by Gasteiger charge is -2.33. The summed E-state index contributed by atoms with van der Waals surface area (Å²) in [7, 11) is 3.58. The van der Waals surface area contributed by atoms with Crippen molar-refractivity contribution in [1.82, 2.24) is 24.0 Å². The Morgan fingerprint density at radius 1 is 1.15 bits per heavy atom. The van der Waals surface area contributed by atoms with Crippen LogP contribution >= 0.6 is 0 Å². The molecule has 4 heterocycles. The zero-order valence-electron chi connectivity index (χ0n) is 25.1. The first-order valence-corrected chi connectivity index (χ1v) is 14.8. The first-order valence-electron chi connectivity index (χ1n) is 14.8. The second-order valence-corrected chi connectivity index (χ2v) is 11.3. The fourth-order valence-electron chi connectivity index (χ4n) is 6.03. The summed E-state index contributed by atoms with van der Waals surface area (Å²) in [5.74, 6) is 2.52. The number of rotatable bonds is 9. The van der Waals surface area contributed by atoms with Crippen molar-refractivity contribution in [3.63, 3.8) is 0 Å². The average Bonchev–Trinajstić information content (AvgIpc) is 3.51. The highest BCUT2D eigenvalue weighted by molar-refractivity contribution is 6.00. The highest BCUT2D eigenvalue weighted by Crippen LogP contribution is 2.35. The number of hydrogen-bond acceptors (Lipinski definition) is 6. The SMILES string of the molecule is CCC(C)CC[C@@H]1CCCN(C(=O)c2cc(OC)c3c(c2)nc(-c2cc4ccc(OC(C)=O)nc4n2CC)n3C)C1. The van der Waals surface area contributed by atoms with E-state index in [1.807, 2.05) is 47.7 Å². The fraction of sp³-hybridized carbons (Fsp3) is 0.500. The van der Waals surface area contributed by atoms with E-state index in [2.05, 4.69) is 23.4 Å². The predicted molar refractivity (Wildman–Crippen MR) is 160 cm³/mol. The topological polar surface area (TPSA) is 91.5 Å². The third-order valence-electron chi connectivity index (χ3n) is 8.48. The normalized spacial score (nSPS) is 16.3. The van der Waals surface area contributed by atoms with Crippen LogP contribution in [0, 0.1) is 11.8 Å². The number of methoxy groups -OCH3 is 1. The molecule has 1 amide bonds. The number of likely N-dealkylation sites (tertiary alicyclic amines) is 1. The van der Waals surface area contributed by atoms with Gasteiger partial charge in [0.15, 0.2) is 5.82 Å². The molecular formula is C32H41N5O4. The summed E-state index contributed by atoms with van der Waals surface area (Å²) in [6, 6.07) is 9.37. The second-order valence-electron chi connectivity index (χ2n) is 11.3. The number of carbonyl (C=O) groups excluding carboxylic acids is 2. The van der Waals surface area contributed by atoms with Crippen molar-refractivity contribution in [2.75, 3.05) is 20.2 Å². The summed E-state index contributed by atoms with van der Waals surface area (Å²) in [5.41, 5.74) is 3.72. The van der Waals surface area contributed by atoms with Gasteiger partial charge in [-0.2, -0.15) is 4.98 Å². The quantitative estimate of drug-likeness (QED) is 0.226. The molecule has 0 bridgehead atoms. The third kappa shape index (κ3) is 5.67. The number of pyridine rings is 1. The Balaban J connectivity index is 1.49. The molecule has 0 radical (unpaired) electrons. The molecular weight excluding hydrogens is 518 g/mol. The molecule has 9 heteroatoms. The largest absolute Gasteiger partial charge is 0.494 e. The number of benzene rings is 1. The molecule has 9 nitrogen and oxygen atoms in total. The monoisotopic (exact) mass is 559 g/mol. The number of hydrogen-bond donors (Lipinski definition) is 0. The van der Waals surface area contributed by atoms with Crippen LogP contribution in [0.15, 0.2) is 30.3 Å². The zero-order chi connectivity index (χ0) is 29.3. The highest BCUT2D eigenvalue weighted by Gasteiger charge is 2.27. The van der Waals surface area contributed by atoms with E-state index in [-0.39, 0.29) is 11.8 Å². The van der Waals surface area contributed by atoms with Crippen molar-refractivity contribution in [2.45, 2.75) is 66.3 Å². The van der Waals surface area contributed by atoms with Crippen molar-refractivity contribution >= 4 is 33.9 Å². The van der Waals surface area contributed by atoms with E-state index in [9.17, 15) is 9.59 Å². The van der Waals surface area contributed by atoms with Gasteiger partial charge in [0.05, 0.1) is 18.3 Å². The van der Waals surface area contributed by atoms with E-state index in [1.54, 1.807) is 13.2 Å². The van der Waals surface area contributed by atoms with Crippen LogP contribution in [0.3, 0.4) is 0 Å². The Bertz CT molecular complexity index is 1590. The van der Waals surface area contributed by atoms with Gasteiger partial charge in [-0.25, -0.2) is 4.98 Å². The van der Waals surface area contributed by atoms with E-state index in [4.69, 9.17) is 14.5 Å². The summed E-state index contributed by atoms with van der Waals surface area (Å²) >= 11 is 0. The van der Waals surface area contributed by atoms with Crippen LogP contribution in [0.25, 0.3) is 33.6 Å². The maximum Gasteiger partial charge on any atom is 0.309 e. The molecule has 0 aliphatic carbocycles. The second kappa shape index (κ2) is 11.9. The van der Waals surface area contributed by atoms with Gasteiger partial charge < -0.3 is 23.5 Å². The van der Waals surface area contributed by atoms with Crippen LogP contribution in [0.1, 0.15) is 70.2 Å². The van der Waals surface area contributed by atoms with Gasteiger partial charge in [0.1, 0.15) is 16.9 Å². The maximum atomic E-state index is 13.7. The van der Waals surface area contributed by atoms with E-state index in [0.29, 0.717) is 34.9 Å². The molecule has 4 aromatic rings. The van der Waals surface area contributed by atoms with Crippen molar-refractivity contribution in [3.05, 3.63) is 35.9 Å². The summed E-state index contributed by atoms with van der Waals surface area (Å²) < 4.78 is 15.1. The molecule has 1 unspecified atom stereocenters. The molecule has 5 rings (SSSR count). The van der Waals surface area contributed by atoms with Crippen molar-refractivity contribution in [1.29, 1.82) is 0 Å². The van der Waals surface area contributed by atoms with Gasteiger partial charge in [-0.05, 0) is 62.3 Å². The number of aryl methyl sites for hydroxylation is 2. The fourth-order valence-corrected chi connectivity index (χ4v) is 6.03. The molecule has 1 saturated heterocycles. The smallest absolute Gasteiger partial charge is 0.309 e. The van der Waals surface area contributed by atoms with Gasteiger partial charge in [-0.15, -0.1) is 0 Å². The molecule has 0 spiro atoms. The van der Waals surface area contributed by atoms with Crippen molar-refractivity contribution in [2.24, 2.45) is 18.9 Å². The number of amides is 1. The third-order valence-corrected chi connectivity index (χ3v) is 8.48. The van der Waals surface area contributed by atoms with Gasteiger partial charge in [-0.1, -0.05) is 26.7 Å². The number of nitrogens with zero attached hydrogens (tertiary/aromatic N) is 5. The highest BCUT2D eigenvalue weighted by atomic mass is 16.5. The summed E-state index contributed by atoms with van der Waals surface area (Å²) in [6.45, 7) is 10.2. The lowest BCUT2D eigenvalue weighted by molar-refractivity contribution is -0.132. The minimum absolute atomic E-state index is 0.0375. The molecule has 3 aromatic heterocycles. The molecule has 218 valence electrons. The number of esters is 1. The molecule has 2 atom stereocenters. The number of fused-ring (bicyclic) bond motifs is 2. The number of piperidine rings is 1. The predicted octanol–water partition coefficient (Wildman–Crippen LogP) is 6.22. The zero-order valence-corrected chi connectivity index (χ0v) is 25.1. The van der Waals surface area contributed by atoms with Crippen LogP contribution < -0.4 is 9.47 Å². The summed E-state index contributed by atoms with van der Waals surface area (Å²) in [6.07, 6.45) is 5.82. The Kier molecular flexibility index (Phi) is 8.33. The molecule has 1 aliphatic rings. The van der Waals surface area contributed by atoms with Gasteiger partial charge >= 0.3 is 5.97 Å². The van der Waals surface area contributed by atoms with Crippen LogP contribution in [0.5, 0.6) is 11.6 Å². The first kappa shape index (κ1) is 28.6. The van der Waals surface area contributed by atoms with E-state index >= 15 is 0 Å². The van der Waals surface area contributed by atoms with Gasteiger partial charge in [0, 0.05) is 50.6 Å². The van der Waals surface area contributed by atoms with Crippen LogP contribution in [0.2, 0.25) is 0 Å². The molecule has 1 aliphatic heterocycles. The number of imidazole rings is 1. The van der Waals surface area contributed by atoms with Gasteiger partial charge in [0.25, 0.3) is 5.91 Å². The Morgan fingerprint density at radius 3 is 2.66 bits per heavy atom. The van der Waals surface area contributed by atoms with Crippen LogP contribution in [0.4, 0.5) is 0 Å². The Morgan fingerprint density at radius 2 is 1.95 bits per heavy atom. The van der Waals surface area contributed by atoms with Gasteiger partial charge in [-0.3, -0.25) is 9.59 Å². The molecule has 1 aromatic carbocycles. The minimum Gasteiger partial charge on any atom is -0.494 e. The van der Waals surface area contributed by atoms with E-state index < -0.39 is 5.97 Å². The summed E-state index contributed by atoms with van der Waals surface area (Å²) in [4.78, 5) is 36.8. The molecule has 0 N–H and O–H groups in total. The van der Waals surface area contributed by atoms with E-state index in [0.717, 1.165) is 47.8 Å². The lowest BCUT2D eigenvalue weighted by Crippen LogP contribution is -2.40. The average molecular weight is 560 g/mol. The van der Waals surface area contributed by atoms with Gasteiger partial charge in [0.2, 0.25) is 5.88 Å². The molecule has 0 saturated carbocycles. The minimum atomic E-state index is -0.411. The standard InChI is InChI=1S/C32H41N5O4/c1-7-20(3)11-12-22-10-9-15-36(19-22)32(39)24-16-25-29(27(18-24)40-6)35(5)31(33-25)26-17-23-13-14-28(41-21(4)38)34-30(23)37(26)8-2/h13-14,16-18,20,22H,7-12,15,19H2,1-6H3/t20?,22-/m0/s1. The first-order chi connectivity index (χ1) is 19.7. The Hall–Kier alpha value is -3.88. The Labute approximate surface area is 241 Å². The van der Waals surface area contributed by atoms with Crippen LogP contribution in [-0.2, 0) is 18.4 Å².